The van der Waals surface area contributed by atoms with E-state index in [1.54, 1.807) is 6.07 Å². The Labute approximate surface area is 121 Å². The molecule has 0 aliphatic carbocycles. The summed E-state index contributed by atoms with van der Waals surface area (Å²) in [6.07, 6.45) is 4.58. The van der Waals surface area contributed by atoms with Crippen LogP contribution >= 0.6 is 0 Å². The molecule has 0 spiro atoms. The van der Waals surface area contributed by atoms with E-state index in [4.69, 9.17) is 0 Å². The monoisotopic (exact) mass is 276 g/mol. The Morgan fingerprint density at radius 2 is 2.05 bits per heavy atom. The van der Waals surface area contributed by atoms with Crippen molar-refractivity contribution in [3.8, 4) is 0 Å². The van der Waals surface area contributed by atoms with Crippen LogP contribution in [0.2, 0.25) is 0 Å². The van der Waals surface area contributed by atoms with Crippen LogP contribution in [0.15, 0.2) is 29.8 Å². The van der Waals surface area contributed by atoms with E-state index in [0.717, 1.165) is 43.7 Å². The summed E-state index contributed by atoms with van der Waals surface area (Å²) in [5, 5.41) is 3.55. The number of rotatable bonds is 4. The molecular formula is C17H25FN2. The SMILES string of the molecule is CC(C)=CCN1CCC(Nc2ccc(F)cc2C)CC1. The van der Waals surface area contributed by atoms with Gasteiger partial charge in [0.2, 0.25) is 0 Å². The number of anilines is 1. The van der Waals surface area contributed by atoms with Crippen LogP contribution in [-0.4, -0.2) is 30.6 Å². The zero-order chi connectivity index (χ0) is 14.5. The van der Waals surface area contributed by atoms with Crippen molar-refractivity contribution in [2.45, 2.75) is 39.7 Å². The van der Waals surface area contributed by atoms with Crippen LogP contribution in [0.4, 0.5) is 10.1 Å². The van der Waals surface area contributed by atoms with Crippen molar-refractivity contribution < 1.29 is 4.39 Å². The van der Waals surface area contributed by atoms with Crippen molar-refractivity contribution in [3.63, 3.8) is 0 Å². The van der Waals surface area contributed by atoms with Crippen LogP contribution in [0.1, 0.15) is 32.3 Å². The van der Waals surface area contributed by atoms with Gasteiger partial charge in [-0.1, -0.05) is 11.6 Å². The van der Waals surface area contributed by atoms with Crippen LogP contribution in [-0.2, 0) is 0 Å². The molecule has 0 amide bonds. The molecule has 0 radical (unpaired) electrons. The van der Waals surface area contributed by atoms with Gasteiger partial charge >= 0.3 is 0 Å². The van der Waals surface area contributed by atoms with E-state index in [2.05, 4.69) is 30.1 Å². The van der Waals surface area contributed by atoms with Crippen LogP contribution in [0.5, 0.6) is 0 Å². The molecule has 110 valence electrons. The highest BCUT2D eigenvalue weighted by Crippen LogP contribution is 2.20. The summed E-state index contributed by atoms with van der Waals surface area (Å²) in [6, 6.07) is 5.47. The molecule has 1 heterocycles. The minimum absolute atomic E-state index is 0.162. The summed E-state index contributed by atoms with van der Waals surface area (Å²) >= 11 is 0. The molecule has 0 aromatic heterocycles. The van der Waals surface area contributed by atoms with E-state index in [1.807, 2.05) is 13.0 Å². The van der Waals surface area contributed by atoms with E-state index < -0.39 is 0 Å². The number of benzene rings is 1. The lowest BCUT2D eigenvalue weighted by atomic mass is 10.0. The first kappa shape index (κ1) is 15.0. The van der Waals surface area contributed by atoms with Gasteiger partial charge in [-0.3, -0.25) is 4.90 Å². The molecule has 1 N–H and O–H groups in total. The predicted molar refractivity (Wildman–Crippen MR) is 83.7 cm³/mol. The molecule has 1 aliphatic rings. The van der Waals surface area contributed by atoms with Crippen molar-refractivity contribution in [2.75, 3.05) is 25.0 Å². The fourth-order valence-electron chi connectivity index (χ4n) is 2.58. The minimum atomic E-state index is -0.162. The molecule has 1 aliphatic heterocycles. The van der Waals surface area contributed by atoms with E-state index in [9.17, 15) is 4.39 Å². The van der Waals surface area contributed by atoms with Gasteiger partial charge < -0.3 is 5.32 Å². The maximum Gasteiger partial charge on any atom is 0.123 e. The highest BCUT2D eigenvalue weighted by molar-refractivity contribution is 5.51. The number of piperidine rings is 1. The summed E-state index contributed by atoms with van der Waals surface area (Å²) in [5.74, 6) is -0.162. The third-order valence-corrected chi connectivity index (χ3v) is 3.89. The molecule has 2 rings (SSSR count). The van der Waals surface area contributed by atoms with Gasteiger partial charge in [0.05, 0.1) is 0 Å². The number of allylic oxidation sites excluding steroid dienone is 1. The lowest BCUT2D eigenvalue weighted by Crippen LogP contribution is -2.39. The molecule has 0 saturated carbocycles. The van der Waals surface area contributed by atoms with Gasteiger partial charge in [-0.25, -0.2) is 4.39 Å². The number of likely N-dealkylation sites (tertiary alicyclic amines) is 1. The van der Waals surface area contributed by atoms with Crippen LogP contribution in [0.25, 0.3) is 0 Å². The first-order chi connectivity index (χ1) is 9.54. The van der Waals surface area contributed by atoms with Crippen molar-refractivity contribution in [3.05, 3.63) is 41.2 Å². The van der Waals surface area contributed by atoms with Gasteiger partial charge in [0, 0.05) is 31.4 Å². The molecule has 3 heteroatoms. The summed E-state index contributed by atoms with van der Waals surface area (Å²) in [5.41, 5.74) is 3.43. The van der Waals surface area contributed by atoms with Crippen LogP contribution < -0.4 is 5.32 Å². The molecule has 0 atom stereocenters. The van der Waals surface area contributed by atoms with Crippen LogP contribution in [0, 0.1) is 12.7 Å². The Kier molecular flexibility index (Phi) is 5.18. The lowest BCUT2D eigenvalue weighted by Gasteiger charge is -2.32. The Morgan fingerprint density at radius 1 is 1.35 bits per heavy atom. The van der Waals surface area contributed by atoms with E-state index in [0.29, 0.717) is 6.04 Å². The summed E-state index contributed by atoms with van der Waals surface area (Å²) in [4.78, 5) is 2.49. The predicted octanol–water partition coefficient (Wildman–Crippen LogP) is 3.98. The van der Waals surface area contributed by atoms with Crippen molar-refractivity contribution >= 4 is 5.69 Å². The minimum Gasteiger partial charge on any atom is -0.382 e. The van der Waals surface area contributed by atoms with Gasteiger partial charge in [-0.2, -0.15) is 0 Å². The molecular weight excluding hydrogens is 251 g/mol. The smallest absolute Gasteiger partial charge is 0.123 e. The average molecular weight is 276 g/mol. The summed E-state index contributed by atoms with van der Waals surface area (Å²) in [6.45, 7) is 9.56. The van der Waals surface area contributed by atoms with Gasteiger partial charge in [-0.15, -0.1) is 0 Å². The normalized spacial score (nSPS) is 17.0. The quantitative estimate of drug-likeness (QED) is 0.837. The number of hydrogen-bond donors (Lipinski definition) is 1. The fraction of sp³-hybridized carbons (Fsp3) is 0.529. The summed E-state index contributed by atoms with van der Waals surface area (Å²) < 4.78 is 13.1. The van der Waals surface area contributed by atoms with E-state index in [1.165, 1.54) is 11.6 Å². The van der Waals surface area contributed by atoms with Gasteiger partial charge in [-0.05, 0) is 57.4 Å². The molecule has 1 fully saturated rings. The van der Waals surface area contributed by atoms with Gasteiger partial charge in [0.25, 0.3) is 0 Å². The van der Waals surface area contributed by atoms with Gasteiger partial charge in [0.15, 0.2) is 0 Å². The number of nitrogens with zero attached hydrogens (tertiary/aromatic N) is 1. The zero-order valence-corrected chi connectivity index (χ0v) is 12.7. The average Bonchev–Trinajstić information content (AvgIpc) is 2.41. The molecule has 0 unspecified atom stereocenters. The second-order valence-electron chi connectivity index (χ2n) is 5.96. The third-order valence-electron chi connectivity index (χ3n) is 3.89. The van der Waals surface area contributed by atoms with E-state index in [-0.39, 0.29) is 5.82 Å². The maximum atomic E-state index is 13.1. The van der Waals surface area contributed by atoms with Crippen molar-refractivity contribution in [2.24, 2.45) is 0 Å². The second kappa shape index (κ2) is 6.89. The van der Waals surface area contributed by atoms with Crippen LogP contribution in [0.3, 0.4) is 0 Å². The number of halogens is 1. The zero-order valence-electron chi connectivity index (χ0n) is 12.7. The first-order valence-corrected chi connectivity index (χ1v) is 7.43. The number of nitrogens with one attached hydrogen (secondary N) is 1. The molecule has 2 nitrogen and oxygen atoms in total. The first-order valence-electron chi connectivity index (χ1n) is 7.43. The highest BCUT2D eigenvalue weighted by atomic mass is 19.1. The second-order valence-corrected chi connectivity index (χ2v) is 5.96. The Bertz CT molecular complexity index is 470. The maximum absolute atomic E-state index is 13.1. The molecule has 20 heavy (non-hydrogen) atoms. The Hall–Kier alpha value is -1.35. The third kappa shape index (κ3) is 4.34. The fourth-order valence-corrected chi connectivity index (χ4v) is 2.58. The Balaban J connectivity index is 1.83. The topological polar surface area (TPSA) is 15.3 Å². The molecule has 1 saturated heterocycles. The van der Waals surface area contributed by atoms with Crippen molar-refractivity contribution in [1.29, 1.82) is 0 Å². The number of aryl methyl sites for hydroxylation is 1. The highest BCUT2D eigenvalue weighted by Gasteiger charge is 2.18. The largest absolute Gasteiger partial charge is 0.382 e. The summed E-state index contributed by atoms with van der Waals surface area (Å²) in [7, 11) is 0. The van der Waals surface area contributed by atoms with E-state index >= 15 is 0 Å². The Morgan fingerprint density at radius 3 is 2.65 bits per heavy atom. The molecule has 1 aromatic rings. The molecule has 1 aromatic carbocycles. The standard InChI is InChI=1S/C17H25FN2/c1-13(2)6-9-20-10-7-16(8-11-20)19-17-5-4-15(18)12-14(17)3/h4-6,12,16,19H,7-11H2,1-3H3. The van der Waals surface area contributed by atoms with Crippen molar-refractivity contribution in [1.82, 2.24) is 4.90 Å². The molecule has 0 bridgehead atoms. The number of hydrogen-bond acceptors (Lipinski definition) is 2. The van der Waals surface area contributed by atoms with Gasteiger partial charge in [0.1, 0.15) is 5.82 Å². The lowest BCUT2D eigenvalue weighted by molar-refractivity contribution is 0.240.